The summed E-state index contributed by atoms with van der Waals surface area (Å²) in [6.07, 6.45) is 5.26. The topological polar surface area (TPSA) is 250 Å². The van der Waals surface area contributed by atoms with E-state index in [1.54, 1.807) is 59.5 Å². The lowest BCUT2D eigenvalue weighted by Gasteiger charge is -2.37. The number of hydrogen-bond acceptors (Lipinski definition) is 12. The Labute approximate surface area is 400 Å². The summed E-state index contributed by atoms with van der Waals surface area (Å²) in [7, 11) is 2.71. The number of likely N-dealkylation sites (N-methyl/N-ethyl adjacent to an activating group) is 1. The Morgan fingerprint density at radius 1 is 0.941 bits per heavy atom. The summed E-state index contributed by atoms with van der Waals surface area (Å²) in [6.45, 7) is 3.66. The SMILES string of the molecule is COC(=O)[C@@H]1CCCN1CC(=O)[C@H](C)NC(=O)C1Cc2ccc(O)c(c2)C2=C(O)C=CC(C2)[C@H](N(C)C(=O)[C@H](CCCCN)NC(=O)c2ccc(-c3ccc(Cl)cc3)cc2)C(=O)N[C@@H](C)C(=O)N1. The van der Waals surface area contributed by atoms with E-state index in [4.69, 9.17) is 22.1 Å². The number of aliphatic hydroxyl groups is 1. The first kappa shape index (κ1) is 50.8. The number of methoxy groups -OCH3 is 1. The van der Waals surface area contributed by atoms with Crippen molar-refractivity contribution in [2.24, 2.45) is 11.7 Å². The van der Waals surface area contributed by atoms with Crippen LogP contribution in [0.5, 0.6) is 5.75 Å². The number of carbonyl (C=O) groups is 7. The Morgan fingerprint density at radius 3 is 2.31 bits per heavy atom. The number of benzene rings is 3. The lowest BCUT2D eigenvalue weighted by Crippen LogP contribution is -2.60. The number of amides is 5. The average molecular weight is 955 g/mol. The molecule has 0 saturated carbocycles. The van der Waals surface area contributed by atoms with Crippen LogP contribution in [0.3, 0.4) is 0 Å². The van der Waals surface area contributed by atoms with Gasteiger partial charge in [0.1, 0.15) is 41.7 Å². The second-order valence-corrected chi connectivity index (χ2v) is 18.0. The van der Waals surface area contributed by atoms with E-state index >= 15 is 0 Å². The third-order valence-corrected chi connectivity index (χ3v) is 13.1. The van der Waals surface area contributed by atoms with Crippen LogP contribution in [0.4, 0.5) is 0 Å². The molecule has 17 nitrogen and oxygen atoms in total. The van der Waals surface area contributed by atoms with Crippen molar-refractivity contribution in [3.8, 4) is 16.9 Å². The van der Waals surface area contributed by atoms with Gasteiger partial charge in [-0.15, -0.1) is 0 Å². The van der Waals surface area contributed by atoms with Crippen molar-refractivity contribution in [2.75, 3.05) is 33.8 Å². The zero-order valence-electron chi connectivity index (χ0n) is 38.6. The minimum atomic E-state index is -1.32. The molecule has 8 N–H and O–H groups in total. The van der Waals surface area contributed by atoms with E-state index in [0.29, 0.717) is 54.9 Å². The van der Waals surface area contributed by atoms with Crippen molar-refractivity contribution in [1.29, 1.82) is 0 Å². The normalized spacial score (nSPS) is 21.6. The predicted molar refractivity (Wildman–Crippen MR) is 255 cm³/mol. The molecule has 0 aromatic heterocycles. The highest BCUT2D eigenvalue weighted by atomic mass is 35.5. The molecule has 4 bridgehead atoms. The van der Waals surface area contributed by atoms with Gasteiger partial charge in [0, 0.05) is 41.1 Å². The van der Waals surface area contributed by atoms with Crippen LogP contribution < -0.4 is 27.0 Å². The number of nitrogens with one attached hydrogen (secondary N) is 4. The summed E-state index contributed by atoms with van der Waals surface area (Å²) in [4.78, 5) is 99.5. The van der Waals surface area contributed by atoms with Crippen molar-refractivity contribution in [1.82, 2.24) is 31.1 Å². The van der Waals surface area contributed by atoms with Gasteiger partial charge in [-0.05, 0) is 125 Å². The Balaban J connectivity index is 1.25. The maximum absolute atomic E-state index is 14.7. The number of nitrogens with two attached hydrogens (primary N) is 1. The fourth-order valence-corrected chi connectivity index (χ4v) is 9.01. The first-order valence-corrected chi connectivity index (χ1v) is 23.2. The van der Waals surface area contributed by atoms with Gasteiger partial charge in [-0.25, -0.2) is 0 Å². The van der Waals surface area contributed by atoms with Crippen molar-refractivity contribution in [2.45, 2.75) is 95.0 Å². The van der Waals surface area contributed by atoms with E-state index < -0.39 is 77.7 Å². The lowest BCUT2D eigenvalue weighted by atomic mass is 9.82. The number of fused-ring (bicyclic) bond motifs is 5. The highest BCUT2D eigenvalue weighted by molar-refractivity contribution is 6.30. The summed E-state index contributed by atoms with van der Waals surface area (Å²) in [5.41, 5.74) is 8.78. The molecule has 2 aliphatic heterocycles. The summed E-state index contributed by atoms with van der Waals surface area (Å²) < 4.78 is 4.90. The molecule has 7 atom stereocenters. The Kier molecular flexibility index (Phi) is 17.2. The molecule has 3 aromatic rings. The molecule has 3 aliphatic rings. The van der Waals surface area contributed by atoms with Crippen LogP contribution in [0.1, 0.15) is 73.9 Å². The second-order valence-electron chi connectivity index (χ2n) is 17.6. The molecule has 5 amide bonds. The van der Waals surface area contributed by atoms with Gasteiger partial charge in [0.15, 0.2) is 5.78 Å². The number of phenolic OH excluding ortho intramolecular Hbond substituents is 1. The number of ether oxygens (including phenoxy) is 1. The van der Waals surface area contributed by atoms with Crippen LogP contribution in [-0.4, -0.2) is 131 Å². The van der Waals surface area contributed by atoms with Crippen LogP contribution in [0.25, 0.3) is 16.7 Å². The number of Topliss-reactive ketones (excluding diaryl/α,β-unsaturated/α-hetero) is 1. The number of ketones is 1. The zero-order valence-corrected chi connectivity index (χ0v) is 39.4. The number of hydrogen-bond donors (Lipinski definition) is 7. The van der Waals surface area contributed by atoms with Gasteiger partial charge >= 0.3 is 5.97 Å². The summed E-state index contributed by atoms with van der Waals surface area (Å²) in [5.74, 6) is -5.35. The molecule has 68 heavy (non-hydrogen) atoms. The number of allylic oxidation sites excluding steroid dienone is 2. The van der Waals surface area contributed by atoms with Gasteiger partial charge in [0.05, 0.1) is 19.7 Å². The van der Waals surface area contributed by atoms with E-state index in [0.717, 1.165) is 11.1 Å². The first-order chi connectivity index (χ1) is 32.5. The largest absolute Gasteiger partial charge is 0.508 e. The second kappa shape index (κ2) is 23.0. The number of aliphatic hydroxyl groups excluding tert-OH is 1. The highest BCUT2D eigenvalue weighted by Crippen LogP contribution is 2.38. The zero-order chi connectivity index (χ0) is 49.2. The average Bonchev–Trinajstić information content (AvgIpc) is 3.79. The van der Waals surface area contributed by atoms with Crippen LogP contribution in [-0.2, 0) is 39.9 Å². The van der Waals surface area contributed by atoms with Crippen LogP contribution >= 0.6 is 11.6 Å². The minimum absolute atomic E-state index is 0.0445. The molecular formula is C50H60ClN7O10. The van der Waals surface area contributed by atoms with Crippen molar-refractivity contribution < 1.29 is 48.5 Å². The van der Waals surface area contributed by atoms with Gasteiger partial charge < -0.3 is 46.9 Å². The summed E-state index contributed by atoms with van der Waals surface area (Å²) >= 11 is 6.06. The van der Waals surface area contributed by atoms with Gasteiger partial charge in [0.25, 0.3) is 5.91 Å². The number of phenols is 1. The number of likely N-dealkylation sites (tertiary alicyclic amines) is 1. The number of rotatable bonds is 15. The molecule has 362 valence electrons. The van der Waals surface area contributed by atoms with Gasteiger partial charge in [-0.2, -0.15) is 0 Å². The van der Waals surface area contributed by atoms with Gasteiger partial charge in [0.2, 0.25) is 23.6 Å². The molecule has 3 aromatic carbocycles. The molecule has 0 radical (unpaired) electrons. The smallest absolute Gasteiger partial charge is 0.323 e. The predicted octanol–water partition coefficient (Wildman–Crippen LogP) is 3.57. The number of carbonyl (C=O) groups excluding carboxylic acids is 7. The fourth-order valence-electron chi connectivity index (χ4n) is 8.88. The minimum Gasteiger partial charge on any atom is -0.508 e. The molecule has 2 unspecified atom stereocenters. The third-order valence-electron chi connectivity index (χ3n) is 12.8. The lowest BCUT2D eigenvalue weighted by molar-refractivity contribution is -0.146. The molecule has 1 saturated heterocycles. The maximum Gasteiger partial charge on any atom is 0.323 e. The van der Waals surface area contributed by atoms with E-state index in [1.807, 2.05) is 12.1 Å². The van der Waals surface area contributed by atoms with Crippen molar-refractivity contribution in [3.05, 3.63) is 106 Å². The number of aromatic hydroxyl groups is 1. The third kappa shape index (κ3) is 12.3. The maximum atomic E-state index is 14.7. The number of halogens is 1. The summed E-state index contributed by atoms with van der Waals surface area (Å²) in [5, 5.41) is 34.0. The van der Waals surface area contributed by atoms with Crippen molar-refractivity contribution >= 4 is 58.5 Å². The van der Waals surface area contributed by atoms with Crippen LogP contribution in [0, 0.1) is 5.92 Å². The molecule has 2 heterocycles. The number of esters is 1. The van der Waals surface area contributed by atoms with E-state index in [1.165, 1.54) is 45.0 Å². The van der Waals surface area contributed by atoms with Gasteiger partial charge in [-0.1, -0.05) is 48.0 Å². The fraction of sp³-hybridized carbons (Fsp3) is 0.420. The molecule has 1 aliphatic carbocycles. The molecular weight excluding hydrogens is 894 g/mol. The Morgan fingerprint density at radius 2 is 1.63 bits per heavy atom. The van der Waals surface area contributed by atoms with E-state index in [9.17, 15) is 43.8 Å². The highest BCUT2D eigenvalue weighted by Gasteiger charge is 2.40. The standard InChI is InChI=1S/C50H60ClN7O10/c1-28(43(61)27-58-23-7-9-40(58)50(67)68-4)53-47(64)39-25-30-10-20-41(59)36(24-30)37-26-34(17-21-42(37)60)44(48(65)54-29(2)45(62)56-39)57(3)49(66)38(8-5-6-22-52)55-46(63)33-13-11-31(12-14-33)32-15-18-35(51)19-16-32/h10-21,24,28-29,34,38-40,44,59-60H,5-9,22-23,25-27,52H2,1-4H3,(H,53,64)(H,54,65)(H,55,63)(H,56,62)/t28-,29-,34?,38-,39?,40-,44-/m0/s1. The van der Waals surface area contributed by atoms with Crippen LogP contribution in [0.2, 0.25) is 5.02 Å². The molecule has 1 fully saturated rings. The quantitative estimate of drug-likeness (QED) is 0.0854. The first-order valence-electron chi connectivity index (χ1n) is 22.8. The number of nitrogens with zero attached hydrogens (tertiary/aromatic N) is 2. The van der Waals surface area contributed by atoms with Crippen molar-refractivity contribution in [3.63, 3.8) is 0 Å². The molecule has 0 spiro atoms. The molecule has 6 rings (SSSR count). The van der Waals surface area contributed by atoms with Gasteiger partial charge in [-0.3, -0.25) is 38.5 Å². The number of unbranched alkanes of at least 4 members (excludes halogenated alkanes) is 1. The molecule has 18 heteroatoms. The van der Waals surface area contributed by atoms with E-state index in [-0.39, 0.29) is 54.2 Å². The summed E-state index contributed by atoms with van der Waals surface area (Å²) in [6, 6.07) is 12.1. The Bertz CT molecular complexity index is 2440. The Hall–Kier alpha value is -6.56. The van der Waals surface area contributed by atoms with E-state index in [2.05, 4.69) is 21.3 Å². The monoisotopic (exact) mass is 953 g/mol. The van der Waals surface area contributed by atoms with Crippen LogP contribution in [0.15, 0.2) is 84.6 Å².